The molecule has 2 aromatic carbocycles. The van der Waals surface area contributed by atoms with Crippen LogP contribution >= 0.6 is 0 Å². The number of esters is 1. The first-order valence-electron chi connectivity index (χ1n) is 12.6. The van der Waals surface area contributed by atoms with Crippen molar-refractivity contribution in [3.05, 3.63) is 60.2 Å². The summed E-state index contributed by atoms with van der Waals surface area (Å²) in [5, 5.41) is 13.4. The highest BCUT2D eigenvalue weighted by molar-refractivity contribution is 6.03. The molecule has 6 atom stereocenters. The number of anilines is 1. The summed E-state index contributed by atoms with van der Waals surface area (Å²) in [5.74, 6) is -2.42. The second kappa shape index (κ2) is 9.46. The summed E-state index contributed by atoms with van der Waals surface area (Å²) in [7, 11) is 1.56. The minimum Gasteiger partial charge on any atom is -0.497 e. The van der Waals surface area contributed by atoms with Crippen molar-refractivity contribution in [2.45, 2.75) is 50.0 Å². The summed E-state index contributed by atoms with van der Waals surface area (Å²) < 4.78 is 17.1. The third-order valence-electron chi connectivity index (χ3n) is 8.05. The lowest BCUT2D eigenvalue weighted by Crippen LogP contribution is -2.54. The lowest BCUT2D eigenvalue weighted by Gasteiger charge is -2.37. The van der Waals surface area contributed by atoms with Crippen LogP contribution in [-0.4, -0.2) is 65.4 Å². The van der Waals surface area contributed by atoms with Crippen LogP contribution in [0.25, 0.3) is 0 Å². The molecule has 2 amide bonds. The van der Waals surface area contributed by atoms with Gasteiger partial charge in [-0.1, -0.05) is 30.3 Å². The minimum absolute atomic E-state index is 0.174. The average Bonchev–Trinajstić information content (AvgIpc) is 3.47. The van der Waals surface area contributed by atoms with Crippen molar-refractivity contribution >= 4 is 23.5 Å². The van der Waals surface area contributed by atoms with Gasteiger partial charge >= 0.3 is 5.97 Å². The molecule has 3 aliphatic rings. The Kier molecular flexibility index (Phi) is 6.45. The zero-order chi connectivity index (χ0) is 26.4. The van der Waals surface area contributed by atoms with E-state index in [1.807, 2.05) is 25.1 Å². The first kappa shape index (κ1) is 25.2. The maximum absolute atomic E-state index is 14.2. The van der Waals surface area contributed by atoms with E-state index >= 15 is 0 Å². The number of carbonyl (C=O) groups excluding carboxylic acids is 3. The second-order valence-electron chi connectivity index (χ2n) is 10.1. The van der Waals surface area contributed by atoms with E-state index in [2.05, 4.69) is 5.32 Å². The zero-order valence-corrected chi connectivity index (χ0v) is 21.2. The molecule has 3 fully saturated rings. The van der Waals surface area contributed by atoms with Gasteiger partial charge in [-0.25, -0.2) is 0 Å². The fourth-order valence-corrected chi connectivity index (χ4v) is 6.50. The van der Waals surface area contributed by atoms with Gasteiger partial charge in [0.15, 0.2) is 0 Å². The zero-order valence-electron chi connectivity index (χ0n) is 21.2. The molecule has 9 nitrogen and oxygen atoms in total. The van der Waals surface area contributed by atoms with Crippen LogP contribution in [0.4, 0.5) is 5.69 Å². The highest BCUT2D eigenvalue weighted by Crippen LogP contribution is 2.64. The largest absolute Gasteiger partial charge is 0.497 e. The SMILES string of the molecule is CCOC(=O)[C@H]1[C@H]2C(=O)N([C@H](CO)c3ccccc3)C(C(=O)Nc3ccc(OC)cc3)C23CC[C@]1(C)O3. The van der Waals surface area contributed by atoms with Crippen LogP contribution in [0.3, 0.4) is 0 Å². The first-order valence-corrected chi connectivity index (χ1v) is 12.6. The Morgan fingerprint density at radius 1 is 1.16 bits per heavy atom. The Labute approximate surface area is 215 Å². The monoisotopic (exact) mass is 508 g/mol. The lowest BCUT2D eigenvalue weighted by molar-refractivity contribution is -0.160. The number of nitrogens with zero attached hydrogens (tertiary/aromatic N) is 1. The van der Waals surface area contributed by atoms with Crippen molar-refractivity contribution in [2.75, 3.05) is 25.6 Å². The van der Waals surface area contributed by atoms with E-state index in [0.29, 0.717) is 29.8 Å². The smallest absolute Gasteiger partial charge is 0.312 e. The van der Waals surface area contributed by atoms with Crippen molar-refractivity contribution in [3.8, 4) is 5.75 Å². The summed E-state index contributed by atoms with van der Waals surface area (Å²) in [4.78, 5) is 42.7. The maximum Gasteiger partial charge on any atom is 0.312 e. The molecule has 1 spiro atoms. The summed E-state index contributed by atoms with van der Waals surface area (Å²) in [6, 6.07) is 14.1. The Morgan fingerprint density at radius 3 is 2.49 bits per heavy atom. The number of likely N-dealkylation sites (tertiary alicyclic amines) is 1. The number of hydrogen-bond donors (Lipinski definition) is 2. The predicted molar refractivity (Wildman–Crippen MR) is 134 cm³/mol. The summed E-state index contributed by atoms with van der Waals surface area (Å²) in [6.45, 7) is 3.31. The number of aliphatic hydroxyl groups excluding tert-OH is 1. The number of hydrogen-bond acceptors (Lipinski definition) is 7. The van der Waals surface area contributed by atoms with E-state index in [1.165, 1.54) is 4.90 Å². The number of benzene rings is 2. The molecule has 3 heterocycles. The highest BCUT2D eigenvalue weighted by atomic mass is 16.6. The number of methoxy groups -OCH3 is 1. The molecule has 3 saturated heterocycles. The fourth-order valence-electron chi connectivity index (χ4n) is 6.50. The Morgan fingerprint density at radius 2 is 1.86 bits per heavy atom. The van der Waals surface area contributed by atoms with E-state index in [0.717, 1.165) is 0 Å². The topological polar surface area (TPSA) is 114 Å². The van der Waals surface area contributed by atoms with Gasteiger partial charge in [-0.15, -0.1) is 0 Å². The van der Waals surface area contributed by atoms with Crippen LogP contribution in [0.5, 0.6) is 5.75 Å². The molecule has 2 aromatic rings. The van der Waals surface area contributed by atoms with Crippen LogP contribution < -0.4 is 10.1 Å². The van der Waals surface area contributed by atoms with Crippen LogP contribution in [0.15, 0.2) is 54.6 Å². The molecule has 2 unspecified atom stereocenters. The van der Waals surface area contributed by atoms with E-state index in [-0.39, 0.29) is 12.5 Å². The van der Waals surface area contributed by atoms with E-state index in [1.54, 1.807) is 50.4 Å². The molecular formula is C28H32N2O7. The van der Waals surface area contributed by atoms with Crippen LogP contribution in [0.2, 0.25) is 0 Å². The molecule has 196 valence electrons. The van der Waals surface area contributed by atoms with Crippen molar-refractivity contribution < 1.29 is 33.7 Å². The quantitative estimate of drug-likeness (QED) is 0.527. The number of rotatable bonds is 8. The number of fused-ring (bicyclic) bond motifs is 1. The highest BCUT2D eigenvalue weighted by Gasteiger charge is 2.78. The van der Waals surface area contributed by atoms with E-state index in [9.17, 15) is 19.5 Å². The van der Waals surface area contributed by atoms with Gasteiger partial charge in [0.1, 0.15) is 23.3 Å². The van der Waals surface area contributed by atoms with Gasteiger partial charge in [-0.3, -0.25) is 14.4 Å². The number of nitrogens with one attached hydrogen (secondary N) is 1. The summed E-state index contributed by atoms with van der Waals surface area (Å²) in [6.07, 6.45) is 0.940. The van der Waals surface area contributed by atoms with Crippen molar-refractivity contribution in [1.29, 1.82) is 0 Å². The average molecular weight is 509 g/mol. The molecule has 5 rings (SSSR count). The standard InChI is InChI=1S/C28H32N2O7/c1-4-36-26(34)22-21-25(33)30(20(16-31)17-8-6-5-7-9-17)23(28(21)15-14-27(22,2)37-28)24(32)29-18-10-12-19(35-3)13-11-18/h5-13,20-23,31H,4,14-16H2,1-3H3,(H,29,32)/t20-,21+,22-,23?,27+,28?/m1/s1. The molecule has 0 aliphatic carbocycles. The summed E-state index contributed by atoms with van der Waals surface area (Å²) in [5.41, 5.74) is -0.926. The first-order chi connectivity index (χ1) is 17.8. The number of ether oxygens (including phenoxy) is 3. The van der Waals surface area contributed by atoms with E-state index in [4.69, 9.17) is 14.2 Å². The molecule has 2 N–H and O–H groups in total. The normalized spacial score (nSPS) is 30.6. The maximum atomic E-state index is 14.2. The molecule has 0 radical (unpaired) electrons. The number of amides is 2. The van der Waals surface area contributed by atoms with Gasteiger partial charge in [-0.2, -0.15) is 0 Å². The summed E-state index contributed by atoms with van der Waals surface area (Å²) >= 11 is 0. The van der Waals surface area contributed by atoms with Crippen molar-refractivity contribution in [2.24, 2.45) is 11.8 Å². The Hall–Kier alpha value is -3.43. The molecular weight excluding hydrogens is 476 g/mol. The molecule has 3 aliphatic heterocycles. The van der Waals surface area contributed by atoms with Gasteiger partial charge in [0.05, 0.1) is 37.9 Å². The van der Waals surface area contributed by atoms with Crippen LogP contribution in [0.1, 0.15) is 38.3 Å². The lowest BCUT2D eigenvalue weighted by atomic mass is 9.66. The van der Waals surface area contributed by atoms with Gasteiger partial charge < -0.3 is 29.5 Å². The van der Waals surface area contributed by atoms with Crippen molar-refractivity contribution in [1.82, 2.24) is 4.90 Å². The molecule has 0 aromatic heterocycles. The third-order valence-corrected chi connectivity index (χ3v) is 8.05. The van der Waals surface area contributed by atoms with Gasteiger partial charge in [0.2, 0.25) is 11.8 Å². The van der Waals surface area contributed by atoms with Crippen LogP contribution in [0, 0.1) is 11.8 Å². The van der Waals surface area contributed by atoms with Gasteiger partial charge in [-0.05, 0) is 56.5 Å². The van der Waals surface area contributed by atoms with Crippen molar-refractivity contribution in [3.63, 3.8) is 0 Å². The van der Waals surface area contributed by atoms with Gasteiger partial charge in [0.25, 0.3) is 0 Å². The predicted octanol–water partition coefficient (Wildman–Crippen LogP) is 2.70. The minimum atomic E-state index is -1.22. The molecule has 37 heavy (non-hydrogen) atoms. The number of carbonyl (C=O) groups is 3. The van der Waals surface area contributed by atoms with Gasteiger partial charge in [0, 0.05) is 5.69 Å². The fraction of sp³-hybridized carbons (Fsp3) is 0.464. The van der Waals surface area contributed by atoms with E-state index < -0.39 is 53.6 Å². The molecule has 9 heteroatoms. The number of aliphatic hydroxyl groups is 1. The Bertz CT molecular complexity index is 1190. The van der Waals surface area contributed by atoms with Crippen LogP contribution in [-0.2, 0) is 23.9 Å². The molecule has 0 saturated carbocycles. The third kappa shape index (κ3) is 3.88. The molecule has 2 bridgehead atoms. The second-order valence-corrected chi connectivity index (χ2v) is 10.1. The Balaban J connectivity index is 1.59.